The first-order chi connectivity index (χ1) is 13.6. The van der Waals surface area contributed by atoms with E-state index in [0.29, 0.717) is 30.3 Å². The number of ether oxygens (including phenoxy) is 1. The fourth-order valence-corrected chi connectivity index (χ4v) is 4.32. The molecule has 0 aliphatic carbocycles. The van der Waals surface area contributed by atoms with Gasteiger partial charge in [-0.15, -0.1) is 0 Å². The zero-order valence-electron chi connectivity index (χ0n) is 17.5. The van der Waals surface area contributed by atoms with Crippen LogP contribution in [-0.2, 0) is 16.3 Å². The standard InChI is InChI=1S/C23H29NO4S/c1-16(2)28-22-10-9-20(29(4,26)27)14-21(22)23(25)24-12-11-19(15-24)13-18-7-5-17(3)6-8-18/h5-10,14,16,19H,11-13,15H2,1-4H3. The maximum atomic E-state index is 13.2. The Hall–Kier alpha value is -2.34. The third-order valence-electron chi connectivity index (χ3n) is 5.19. The molecule has 2 aromatic rings. The van der Waals surface area contributed by atoms with E-state index < -0.39 is 9.84 Å². The van der Waals surface area contributed by atoms with Crippen molar-refractivity contribution in [3.63, 3.8) is 0 Å². The van der Waals surface area contributed by atoms with Gasteiger partial charge in [-0.2, -0.15) is 0 Å². The quantitative estimate of drug-likeness (QED) is 0.718. The van der Waals surface area contributed by atoms with E-state index in [9.17, 15) is 13.2 Å². The molecule has 0 spiro atoms. The first-order valence-corrected chi connectivity index (χ1v) is 11.9. The molecule has 156 valence electrons. The molecule has 1 unspecified atom stereocenters. The lowest BCUT2D eigenvalue weighted by Crippen LogP contribution is -2.30. The van der Waals surface area contributed by atoms with Crippen molar-refractivity contribution in [1.82, 2.24) is 4.90 Å². The molecule has 2 aromatic carbocycles. The van der Waals surface area contributed by atoms with E-state index in [1.807, 2.05) is 18.7 Å². The van der Waals surface area contributed by atoms with Crippen molar-refractivity contribution in [3.05, 3.63) is 59.2 Å². The SMILES string of the molecule is Cc1ccc(CC2CCN(C(=O)c3cc(S(C)(=O)=O)ccc3OC(C)C)C2)cc1. The molecule has 1 heterocycles. The monoisotopic (exact) mass is 415 g/mol. The minimum Gasteiger partial charge on any atom is -0.490 e. The Labute approximate surface area is 173 Å². The van der Waals surface area contributed by atoms with Gasteiger partial charge in [-0.05, 0) is 63.3 Å². The lowest BCUT2D eigenvalue weighted by atomic mass is 9.98. The van der Waals surface area contributed by atoms with Crippen LogP contribution in [0.2, 0.25) is 0 Å². The second kappa shape index (κ2) is 8.57. The molecule has 3 rings (SSSR count). The van der Waals surface area contributed by atoms with Gasteiger partial charge in [0.25, 0.3) is 5.91 Å². The van der Waals surface area contributed by atoms with Crippen LogP contribution in [-0.4, -0.2) is 44.7 Å². The number of likely N-dealkylation sites (tertiary alicyclic amines) is 1. The van der Waals surface area contributed by atoms with Crippen molar-refractivity contribution in [2.45, 2.75) is 44.6 Å². The van der Waals surface area contributed by atoms with E-state index in [1.54, 1.807) is 6.07 Å². The normalized spacial score (nSPS) is 17.0. The van der Waals surface area contributed by atoms with E-state index in [-0.39, 0.29) is 16.9 Å². The molecule has 1 aliphatic heterocycles. The maximum absolute atomic E-state index is 13.2. The number of aryl methyl sites for hydroxylation is 1. The Balaban J connectivity index is 1.79. The fourth-order valence-electron chi connectivity index (χ4n) is 3.68. The van der Waals surface area contributed by atoms with Crippen LogP contribution in [0, 0.1) is 12.8 Å². The molecule has 1 aliphatic rings. The Morgan fingerprint density at radius 2 is 1.86 bits per heavy atom. The fraction of sp³-hybridized carbons (Fsp3) is 0.435. The largest absolute Gasteiger partial charge is 0.490 e. The second-order valence-corrected chi connectivity index (χ2v) is 10.2. The van der Waals surface area contributed by atoms with Crippen LogP contribution < -0.4 is 4.74 Å². The summed E-state index contributed by atoms with van der Waals surface area (Å²) in [5, 5.41) is 0. The predicted molar refractivity (Wildman–Crippen MR) is 114 cm³/mol. The summed E-state index contributed by atoms with van der Waals surface area (Å²) < 4.78 is 29.7. The highest BCUT2D eigenvalue weighted by molar-refractivity contribution is 7.90. The van der Waals surface area contributed by atoms with Crippen molar-refractivity contribution in [3.8, 4) is 5.75 Å². The minimum atomic E-state index is -3.41. The average Bonchev–Trinajstić information content (AvgIpc) is 3.10. The van der Waals surface area contributed by atoms with E-state index in [2.05, 4.69) is 31.2 Å². The summed E-state index contributed by atoms with van der Waals surface area (Å²) in [6.45, 7) is 7.16. The lowest BCUT2D eigenvalue weighted by molar-refractivity contribution is 0.0780. The average molecular weight is 416 g/mol. The number of nitrogens with zero attached hydrogens (tertiary/aromatic N) is 1. The van der Waals surface area contributed by atoms with E-state index >= 15 is 0 Å². The van der Waals surface area contributed by atoms with Crippen molar-refractivity contribution in [1.29, 1.82) is 0 Å². The third kappa shape index (κ3) is 5.38. The van der Waals surface area contributed by atoms with Crippen LogP contribution in [0.5, 0.6) is 5.75 Å². The predicted octanol–water partition coefficient (Wildman–Crippen LogP) is 3.89. The third-order valence-corrected chi connectivity index (χ3v) is 6.30. The number of rotatable bonds is 6. The number of amides is 1. The molecular formula is C23H29NO4S. The Bertz CT molecular complexity index is 980. The summed E-state index contributed by atoms with van der Waals surface area (Å²) in [6, 6.07) is 13.0. The number of hydrogen-bond acceptors (Lipinski definition) is 4. The van der Waals surface area contributed by atoms with Crippen LogP contribution in [0.25, 0.3) is 0 Å². The second-order valence-electron chi connectivity index (χ2n) is 8.19. The van der Waals surface area contributed by atoms with Gasteiger partial charge in [0, 0.05) is 19.3 Å². The van der Waals surface area contributed by atoms with Gasteiger partial charge in [0.15, 0.2) is 9.84 Å². The van der Waals surface area contributed by atoms with Gasteiger partial charge in [0.2, 0.25) is 0 Å². The topological polar surface area (TPSA) is 63.7 Å². The molecule has 1 amide bonds. The number of sulfone groups is 1. The molecule has 1 fully saturated rings. The summed E-state index contributed by atoms with van der Waals surface area (Å²) in [4.78, 5) is 15.2. The molecule has 1 saturated heterocycles. The minimum absolute atomic E-state index is 0.113. The van der Waals surface area contributed by atoms with Crippen molar-refractivity contribution in [2.24, 2.45) is 5.92 Å². The van der Waals surface area contributed by atoms with Crippen LogP contribution >= 0.6 is 0 Å². The summed E-state index contributed by atoms with van der Waals surface area (Å²) in [7, 11) is -3.41. The highest BCUT2D eigenvalue weighted by Gasteiger charge is 2.29. The molecular weight excluding hydrogens is 386 g/mol. The Morgan fingerprint density at radius 3 is 2.48 bits per heavy atom. The van der Waals surface area contributed by atoms with Gasteiger partial charge in [-0.3, -0.25) is 4.79 Å². The van der Waals surface area contributed by atoms with E-state index in [0.717, 1.165) is 19.1 Å². The van der Waals surface area contributed by atoms with Crippen LogP contribution in [0.4, 0.5) is 0 Å². The van der Waals surface area contributed by atoms with Crippen molar-refractivity contribution < 1.29 is 17.9 Å². The molecule has 6 heteroatoms. The number of hydrogen-bond donors (Lipinski definition) is 0. The van der Waals surface area contributed by atoms with Crippen LogP contribution in [0.1, 0.15) is 41.8 Å². The summed E-state index contributed by atoms with van der Waals surface area (Å²) >= 11 is 0. The van der Waals surface area contributed by atoms with Gasteiger partial charge >= 0.3 is 0 Å². The first-order valence-electron chi connectivity index (χ1n) is 9.99. The van der Waals surface area contributed by atoms with Gasteiger partial charge in [-0.25, -0.2) is 8.42 Å². The number of carbonyl (C=O) groups excluding carboxylic acids is 1. The van der Waals surface area contributed by atoms with Crippen molar-refractivity contribution in [2.75, 3.05) is 19.3 Å². The molecule has 29 heavy (non-hydrogen) atoms. The summed E-state index contributed by atoms with van der Waals surface area (Å²) in [5.41, 5.74) is 2.83. The van der Waals surface area contributed by atoms with Gasteiger partial charge in [0.1, 0.15) is 5.75 Å². The molecule has 0 saturated carbocycles. The van der Waals surface area contributed by atoms with E-state index in [1.165, 1.54) is 23.3 Å². The Morgan fingerprint density at radius 1 is 1.17 bits per heavy atom. The first kappa shape index (κ1) is 21.4. The van der Waals surface area contributed by atoms with Gasteiger partial charge in [0.05, 0.1) is 16.6 Å². The Kier molecular flexibility index (Phi) is 6.32. The lowest BCUT2D eigenvalue weighted by Gasteiger charge is -2.20. The van der Waals surface area contributed by atoms with Crippen LogP contribution in [0.15, 0.2) is 47.4 Å². The smallest absolute Gasteiger partial charge is 0.257 e. The molecule has 0 aromatic heterocycles. The maximum Gasteiger partial charge on any atom is 0.257 e. The number of benzene rings is 2. The molecule has 5 nitrogen and oxygen atoms in total. The molecule has 0 radical (unpaired) electrons. The van der Waals surface area contributed by atoms with Crippen molar-refractivity contribution >= 4 is 15.7 Å². The summed E-state index contributed by atoms with van der Waals surface area (Å²) in [6.07, 6.45) is 2.90. The van der Waals surface area contributed by atoms with Crippen LogP contribution in [0.3, 0.4) is 0 Å². The molecule has 0 bridgehead atoms. The van der Waals surface area contributed by atoms with Gasteiger partial charge < -0.3 is 9.64 Å². The van der Waals surface area contributed by atoms with Gasteiger partial charge in [-0.1, -0.05) is 29.8 Å². The number of carbonyl (C=O) groups is 1. The zero-order chi connectivity index (χ0) is 21.2. The summed E-state index contributed by atoms with van der Waals surface area (Å²) in [5.74, 6) is 0.658. The van der Waals surface area contributed by atoms with E-state index in [4.69, 9.17) is 4.74 Å². The zero-order valence-corrected chi connectivity index (χ0v) is 18.3. The molecule has 1 atom stereocenters. The highest BCUT2D eigenvalue weighted by atomic mass is 32.2. The highest BCUT2D eigenvalue weighted by Crippen LogP contribution is 2.28. The molecule has 0 N–H and O–H groups in total.